The van der Waals surface area contributed by atoms with Gasteiger partial charge < -0.3 is 9.47 Å². The lowest BCUT2D eigenvalue weighted by atomic mass is 10.0. The van der Waals surface area contributed by atoms with Crippen LogP contribution in [0.25, 0.3) is 0 Å². The van der Waals surface area contributed by atoms with Crippen LogP contribution in [0, 0.1) is 20.8 Å². The van der Waals surface area contributed by atoms with E-state index < -0.39 is 7.92 Å². The molecule has 0 aliphatic carbocycles. The second kappa shape index (κ2) is 9.84. The van der Waals surface area contributed by atoms with Crippen molar-refractivity contribution >= 4 is 19.0 Å². The van der Waals surface area contributed by atoms with Gasteiger partial charge in [0.25, 0.3) is 0 Å². The fourth-order valence-electron chi connectivity index (χ4n) is 3.46. The molecule has 0 saturated carbocycles. The number of carbonyl (C=O) groups is 2. The van der Waals surface area contributed by atoms with E-state index in [0.29, 0.717) is 28.8 Å². The third kappa shape index (κ3) is 4.62. The molecule has 1 atom stereocenters. The molecule has 1 unspecified atom stereocenters. The summed E-state index contributed by atoms with van der Waals surface area (Å²) in [6.45, 7) is 7.96. The Labute approximate surface area is 169 Å². The SMILES string of the molecule is CCCCP(C(=O)c1c(C)cc(C)cc1C)C(=O)c1c(OC)cccc1OC. The number of benzene rings is 2. The van der Waals surface area contributed by atoms with Crippen molar-refractivity contribution < 1.29 is 19.1 Å². The molecular formula is C23H29O4P. The van der Waals surface area contributed by atoms with Crippen LogP contribution < -0.4 is 9.47 Å². The highest BCUT2D eigenvalue weighted by molar-refractivity contribution is 7.90. The molecule has 5 heteroatoms. The van der Waals surface area contributed by atoms with Crippen LogP contribution in [0.4, 0.5) is 0 Å². The van der Waals surface area contributed by atoms with Crippen LogP contribution >= 0.6 is 7.92 Å². The van der Waals surface area contributed by atoms with Crippen LogP contribution in [0.1, 0.15) is 57.2 Å². The molecule has 0 saturated heterocycles. The highest BCUT2D eigenvalue weighted by Gasteiger charge is 2.33. The van der Waals surface area contributed by atoms with Gasteiger partial charge in [0.2, 0.25) is 0 Å². The average molecular weight is 400 g/mol. The molecule has 0 aliphatic rings. The Hall–Kier alpha value is -2.19. The van der Waals surface area contributed by atoms with Crippen molar-refractivity contribution in [2.45, 2.75) is 40.5 Å². The third-order valence-electron chi connectivity index (χ3n) is 4.76. The van der Waals surface area contributed by atoms with Gasteiger partial charge in [-0.05, 0) is 56.6 Å². The lowest BCUT2D eigenvalue weighted by Gasteiger charge is -2.20. The summed E-state index contributed by atoms with van der Waals surface area (Å²) in [6.07, 6.45) is 2.32. The maximum Gasteiger partial charge on any atom is 0.199 e. The molecule has 0 aliphatic heterocycles. The summed E-state index contributed by atoms with van der Waals surface area (Å²) in [4.78, 5) is 27.1. The highest BCUT2D eigenvalue weighted by Crippen LogP contribution is 2.48. The molecule has 150 valence electrons. The first kappa shape index (κ1) is 22.1. The first-order valence-corrected chi connectivity index (χ1v) is 11.0. The Balaban J connectivity index is 2.56. The first-order valence-electron chi connectivity index (χ1n) is 9.50. The molecule has 4 nitrogen and oxygen atoms in total. The van der Waals surface area contributed by atoms with Gasteiger partial charge in [-0.3, -0.25) is 9.59 Å². The summed E-state index contributed by atoms with van der Waals surface area (Å²) < 4.78 is 10.8. The predicted molar refractivity (Wildman–Crippen MR) is 116 cm³/mol. The van der Waals surface area contributed by atoms with E-state index in [9.17, 15) is 9.59 Å². The molecule has 0 fully saturated rings. The average Bonchev–Trinajstić information content (AvgIpc) is 2.66. The molecule has 0 radical (unpaired) electrons. The second-order valence-electron chi connectivity index (χ2n) is 6.93. The Kier molecular flexibility index (Phi) is 7.77. The van der Waals surface area contributed by atoms with Gasteiger partial charge in [-0.15, -0.1) is 0 Å². The molecule has 2 rings (SSSR count). The maximum absolute atomic E-state index is 13.6. The van der Waals surface area contributed by atoms with Gasteiger partial charge >= 0.3 is 0 Å². The van der Waals surface area contributed by atoms with Gasteiger partial charge in [0.1, 0.15) is 17.1 Å². The molecule has 0 heterocycles. The second-order valence-corrected chi connectivity index (χ2v) is 9.04. The van der Waals surface area contributed by atoms with Crippen LogP contribution in [0.15, 0.2) is 30.3 Å². The first-order chi connectivity index (χ1) is 13.3. The fraction of sp³-hybridized carbons (Fsp3) is 0.391. The number of hydrogen-bond donors (Lipinski definition) is 0. The summed E-state index contributed by atoms with van der Waals surface area (Å²) in [5.74, 6) is 0.886. The molecular weight excluding hydrogens is 371 g/mol. The van der Waals surface area contributed by atoms with Crippen molar-refractivity contribution in [2.75, 3.05) is 20.4 Å². The van der Waals surface area contributed by atoms with Gasteiger partial charge in [-0.25, -0.2) is 0 Å². The summed E-state index contributed by atoms with van der Waals surface area (Å²) in [5, 5.41) is 0. The van der Waals surface area contributed by atoms with E-state index in [0.717, 1.165) is 29.5 Å². The number of methoxy groups -OCH3 is 2. The van der Waals surface area contributed by atoms with Crippen molar-refractivity contribution in [2.24, 2.45) is 0 Å². The van der Waals surface area contributed by atoms with Crippen LogP contribution in [-0.4, -0.2) is 31.4 Å². The number of aryl methyl sites for hydroxylation is 3. The van der Waals surface area contributed by atoms with Crippen LogP contribution in [0.2, 0.25) is 0 Å². The maximum atomic E-state index is 13.6. The number of rotatable bonds is 9. The summed E-state index contributed by atoms with van der Waals surface area (Å²) in [5.41, 5.74) is 3.76. The van der Waals surface area contributed by atoms with E-state index in [-0.39, 0.29) is 11.0 Å². The smallest absolute Gasteiger partial charge is 0.199 e. The molecule has 2 aromatic rings. The normalized spacial score (nSPS) is 11.8. The topological polar surface area (TPSA) is 52.6 Å². The third-order valence-corrected chi connectivity index (χ3v) is 6.95. The zero-order valence-corrected chi connectivity index (χ0v) is 18.5. The lowest BCUT2D eigenvalue weighted by molar-refractivity contribution is 0.104. The van der Waals surface area contributed by atoms with Crippen LogP contribution in [-0.2, 0) is 0 Å². The van der Waals surface area contributed by atoms with Gasteiger partial charge in [-0.1, -0.05) is 37.1 Å². The molecule has 0 bridgehead atoms. The van der Waals surface area contributed by atoms with Gasteiger partial charge in [0, 0.05) is 13.5 Å². The van der Waals surface area contributed by atoms with Crippen molar-refractivity contribution in [1.29, 1.82) is 0 Å². The number of hydrogen-bond acceptors (Lipinski definition) is 4. The van der Waals surface area contributed by atoms with E-state index in [1.54, 1.807) is 18.2 Å². The Morgan fingerprint density at radius 1 is 0.893 bits per heavy atom. The molecule has 0 aromatic heterocycles. The van der Waals surface area contributed by atoms with E-state index in [2.05, 4.69) is 6.92 Å². The summed E-state index contributed by atoms with van der Waals surface area (Å²) in [7, 11) is 1.48. The predicted octanol–water partition coefficient (Wildman–Crippen LogP) is 5.89. The Morgan fingerprint density at radius 3 is 1.86 bits per heavy atom. The van der Waals surface area contributed by atoms with Gasteiger partial charge in [-0.2, -0.15) is 0 Å². The summed E-state index contributed by atoms with van der Waals surface area (Å²) in [6, 6.07) is 9.24. The zero-order chi connectivity index (χ0) is 20.8. The number of unbranched alkanes of at least 4 members (excludes halogenated alkanes) is 1. The highest BCUT2D eigenvalue weighted by atomic mass is 31.1. The molecule has 0 spiro atoms. The fourth-order valence-corrected chi connectivity index (χ4v) is 5.80. The zero-order valence-electron chi connectivity index (χ0n) is 17.6. The van der Waals surface area contributed by atoms with Gasteiger partial charge in [0.05, 0.1) is 14.2 Å². The molecule has 2 aromatic carbocycles. The monoisotopic (exact) mass is 400 g/mol. The van der Waals surface area contributed by atoms with E-state index in [4.69, 9.17) is 9.47 Å². The minimum absolute atomic E-state index is 0.0589. The quantitative estimate of drug-likeness (QED) is 0.492. The Bertz CT molecular complexity index is 828. The summed E-state index contributed by atoms with van der Waals surface area (Å²) >= 11 is 0. The van der Waals surface area contributed by atoms with E-state index >= 15 is 0 Å². The largest absolute Gasteiger partial charge is 0.496 e. The minimum Gasteiger partial charge on any atom is -0.496 e. The van der Waals surface area contributed by atoms with E-state index in [1.807, 2.05) is 32.9 Å². The van der Waals surface area contributed by atoms with Crippen LogP contribution in [0.5, 0.6) is 11.5 Å². The number of carbonyl (C=O) groups excluding carboxylic acids is 2. The van der Waals surface area contributed by atoms with Crippen molar-refractivity contribution in [3.05, 3.63) is 58.1 Å². The minimum atomic E-state index is -1.57. The van der Waals surface area contributed by atoms with Crippen molar-refractivity contribution in [3.8, 4) is 11.5 Å². The van der Waals surface area contributed by atoms with Crippen LogP contribution in [0.3, 0.4) is 0 Å². The number of ether oxygens (including phenoxy) is 2. The van der Waals surface area contributed by atoms with E-state index in [1.165, 1.54) is 14.2 Å². The molecule has 28 heavy (non-hydrogen) atoms. The van der Waals surface area contributed by atoms with Crippen molar-refractivity contribution in [3.63, 3.8) is 0 Å². The lowest BCUT2D eigenvalue weighted by Crippen LogP contribution is -2.13. The standard InChI is InChI=1S/C23H29O4P/c1-7-8-12-28(22(24)20-16(3)13-15(2)14-17(20)4)23(25)21-18(26-5)10-9-11-19(21)27-6/h9-11,13-14H,7-8,12H2,1-6H3. The molecule has 0 amide bonds. The van der Waals surface area contributed by atoms with Crippen molar-refractivity contribution in [1.82, 2.24) is 0 Å². The Morgan fingerprint density at radius 2 is 1.39 bits per heavy atom. The molecule has 0 N–H and O–H groups in total. The van der Waals surface area contributed by atoms with Gasteiger partial charge in [0.15, 0.2) is 11.0 Å².